The maximum absolute atomic E-state index is 13.6. The molecule has 2 N–H and O–H groups in total. The lowest BCUT2D eigenvalue weighted by Crippen LogP contribution is -2.49. The molecule has 5 fully saturated rings. The summed E-state index contributed by atoms with van der Waals surface area (Å²) in [5, 5.41) is 16.5. The fourth-order valence-corrected chi connectivity index (χ4v) is 10.0. The number of carboxylic acids is 1. The Balaban J connectivity index is 0.704. The summed E-state index contributed by atoms with van der Waals surface area (Å²) >= 11 is 0. The van der Waals surface area contributed by atoms with Crippen LogP contribution in [0.25, 0.3) is 0 Å². The van der Waals surface area contributed by atoms with E-state index < -0.39 is 18.0 Å². The highest BCUT2D eigenvalue weighted by atomic mass is 16.5. The van der Waals surface area contributed by atoms with E-state index in [1.807, 2.05) is 10.9 Å². The molecule has 1 atom stereocenters. The molecular formula is C44H60N10O7. The largest absolute Gasteiger partial charge is 0.495 e. The molecule has 1 aromatic heterocycles. The highest BCUT2D eigenvalue weighted by molar-refractivity contribution is 6.07. The van der Waals surface area contributed by atoms with Crippen LogP contribution in [0.3, 0.4) is 0 Å². The molecule has 17 nitrogen and oxygen atoms in total. The first kappa shape index (κ1) is 42.4. The van der Waals surface area contributed by atoms with E-state index in [0.29, 0.717) is 54.9 Å². The van der Waals surface area contributed by atoms with E-state index in [1.54, 1.807) is 46.6 Å². The van der Waals surface area contributed by atoms with E-state index in [4.69, 9.17) is 4.74 Å². The first-order valence-electron chi connectivity index (χ1n) is 22.2. The van der Waals surface area contributed by atoms with Crippen LogP contribution in [0, 0.1) is 17.8 Å². The summed E-state index contributed by atoms with van der Waals surface area (Å²) in [6.07, 6.45) is 17.7. The van der Waals surface area contributed by atoms with Crippen LogP contribution in [0.15, 0.2) is 48.0 Å². The third-order valence-electron chi connectivity index (χ3n) is 13.8. The molecule has 17 heteroatoms. The predicted octanol–water partition coefficient (Wildman–Crippen LogP) is 3.68. The van der Waals surface area contributed by atoms with Gasteiger partial charge in [-0.2, -0.15) is 5.10 Å². The second-order valence-corrected chi connectivity index (χ2v) is 17.5. The van der Waals surface area contributed by atoms with Gasteiger partial charge in [0.1, 0.15) is 5.75 Å². The Morgan fingerprint density at radius 1 is 0.852 bits per heavy atom. The van der Waals surface area contributed by atoms with Crippen molar-refractivity contribution in [3.05, 3.63) is 48.6 Å². The van der Waals surface area contributed by atoms with Crippen molar-refractivity contribution >= 4 is 47.3 Å². The molecule has 0 aliphatic carbocycles. The Labute approximate surface area is 357 Å². The fourth-order valence-electron chi connectivity index (χ4n) is 10.0. The van der Waals surface area contributed by atoms with Crippen LogP contribution >= 0.6 is 0 Å². The minimum Gasteiger partial charge on any atom is -0.495 e. The van der Waals surface area contributed by atoms with Crippen LogP contribution in [0.2, 0.25) is 0 Å². The lowest BCUT2D eigenvalue weighted by Gasteiger charge is -2.39. The number of amides is 5. The Morgan fingerprint density at radius 3 is 2.26 bits per heavy atom. The summed E-state index contributed by atoms with van der Waals surface area (Å²) in [6, 6.07) is 3.98. The average Bonchev–Trinajstić information content (AvgIpc) is 3.79. The van der Waals surface area contributed by atoms with E-state index in [0.717, 1.165) is 89.6 Å². The van der Waals surface area contributed by atoms with Crippen molar-refractivity contribution in [3.63, 3.8) is 0 Å². The van der Waals surface area contributed by atoms with Gasteiger partial charge in [0.25, 0.3) is 5.91 Å². The number of anilines is 2. The highest BCUT2D eigenvalue weighted by Crippen LogP contribution is 2.33. The minimum atomic E-state index is -0.938. The van der Waals surface area contributed by atoms with Gasteiger partial charge in [-0.25, -0.2) is 9.59 Å². The van der Waals surface area contributed by atoms with Gasteiger partial charge in [0.2, 0.25) is 11.8 Å². The van der Waals surface area contributed by atoms with Crippen LogP contribution in [-0.2, 0) is 14.4 Å². The number of urea groups is 1. The molecule has 1 unspecified atom stereocenters. The zero-order valence-corrected chi connectivity index (χ0v) is 35.3. The second kappa shape index (κ2) is 19.2. The van der Waals surface area contributed by atoms with Gasteiger partial charge >= 0.3 is 12.0 Å². The zero-order valence-electron chi connectivity index (χ0n) is 35.3. The standard InChI is InChI=1S/C44H60N10O7/c1-61-39-3-2-34(26-37(39)53-24-13-40(55)47-44(53)60)42(57)51-22-9-33(10-23-51)41(56)50-20-7-31(8-21-50)4-15-48-16-5-32(6-17-48)29-49-18-11-35(12-19-49)54-30-36(27-46-54)52-25-14-45-28-38(52)43(58)59/h2-3,14,25-28,30-33,35,38H,4-13,15-24,29H2,1H3,(H,58,59)(H,47,55,60). The molecule has 0 spiro atoms. The molecule has 8 rings (SSSR count). The number of aliphatic imine (C=N–C) groups is 1. The van der Waals surface area contributed by atoms with Crippen LogP contribution in [0.5, 0.6) is 5.75 Å². The van der Waals surface area contributed by atoms with Crippen molar-refractivity contribution in [2.75, 3.05) is 88.9 Å². The smallest absolute Gasteiger partial charge is 0.332 e. The molecule has 5 amide bonds. The quantitative estimate of drug-likeness (QED) is 0.319. The topological polar surface area (TPSA) is 176 Å². The van der Waals surface area contributed by atoms with Gasteiger partial charge in [-0.1, -0.05) is 0 Å². The first-order chi connectivity index (χ1) is 29.6. The van der Waals surface area contributed by atoms with E-state index in [9.17, 15) is 29.1 Å². The van der Waals surface area contributed by atoms with Crippen LogP contribution in [0.4, 0.5) is 16.2 Å². The summed E-state index contributed by atoms with van der Waals surface area (Å²) in [5.74, 6) is 0.548. The summed E-state index contributed by atoms with van der Waals surface area (Å²) in [7, 11) is 1.50. The Morgan fingerprint density at radius 2 is 1.56 bits per heavy atom. The second-order valence-electron chi connectivity index (χ2n) is 17.5. The monoisotopic (exact) mass is 840 g/mol. The van der Waals surface area contributed by atoms with Crippen LogP contribution in [-0.4, -0.2) is 156 Å². The molecule has 5 saturated heterocycles. The SMILES string of the molecule is COc1ccc(C(=O)N2CCC(C(=O)N3CCC(CCN4CCC(CN5CCC(n6cc(N7C=CN=CC7C(=O)O)cn6)CC5)CC4)CC3)CC2)cc1N1CCC(=O)NC1=O. The maximum Gasteiger partial charge on any atom is 0.332 e. The van der Waals surface area contributed by atoms with Crippen molar-refractivity contribution in [1.29, 1.82) is 0 Å². The number of methoxy groups -OCH3 is 1. The van der Waals surface area contributed by atoms with Crippen molar-refractivity contribution in [2.45, 2.75) is 76.3 Å². The normalized spacial score (nSPS) is 23.1. The summed E-state index contributed by atoms with van der Waals surface area (Å²) in [6.45, 7) is 9.51. The van der Waals surface area contributed by atoms with Gasteiger partial charge in [0.15, 0.2) is 6.04 Å². The predicted molar refractivity (Wildman–Crippen MR) is 229 cm³/mol. The molecule has 61 heavy (non-hydrogen) atoms. The third-order valence-corrected chi connectivity index (χ3v) is 13.8. The molecule has 6 aliphatic rings. The minimum absolute atomic E-state index is 0.0764. The number of carbonyl (C=O) groups is 5. The number of nitrogens with zero attached hydrogens (tertiary/aromatic N) is 9. The van der Waals surface area contributed by atoms with E-state index in [-0.39, 0.29) is 36.6 Å². The molecule has 0 saturated carbocycles. The van der Waals surface area contributed by atoms with Gasteiger partial charge < -0.3 is 34.3 Å². The molecule has 1 aromatic carbocycles. The number of carboxylic acid groups (broad SMARTS) is 1. The number of piperidine rings is 4. The molecule has 2 aromatic rings. The first-order valence-corrected chi connectivity index (χ1v) is 22.2. The number of aliphatic carboxylic acids is 1. The summed E-state index contributed by atoms with van der Waals surface area (Å²) < 4.78 is 7.47. The molecule has 0 bridgehead atoms. The Hall–Kier alpha value is -5.29. The Kier molecular flexibility index (Phi) is 13.3. The molecule has 328 valence electrons. The van der Waals surface area contributed by atoms with Gasteiger partial charge in [-0.05, 0) is 107 Å². The number of nitrogens with one attached hydrogen (secondary N) is 1. The maximum atomic E-state index is 13.6. The molecular weight excluding hydrogens is 781 g/mol. The third kappa shape index (κ3) is 9.93. The highest BCUT2D eigenvalue weighted by Gasteiger charge is 2.34. The van der Waals surface area contributed by atoms with Gasteiger partial charge in [-0.15, -0.1) is 0 Å². The van der Waals surface area contributed by atoms with Gasteiger partial charge in [-0.3, -0.25) is 34.3 Å². The fraction of sp³-hybridized carbons (Fsp3) is 0.614. The van der Waals surface area contributed by atoms with Crippen LogP contribution < -0.4 is 19.9 Å². The van der Waals surface area contributed by atoms with Crippen LogP contribution in [0.1, 0.15) is 80.6 Å². The van der Waals surface area contributed by atoms with Gasteiger partial charge in [0, 0.05) is 95.1 Å². The van der Waals surface area contributed by atoms with Crippen molar-refractivity contribution in [2.24, 2.45) is 22.7 Å². The number of aromatic nitrogens is 2. The number of imide groups is 1. The van der Waals surface area contributed by atoms with Crippen molar-refractivity contribution in [3.8, 4) is 5.75 Å². The lowest BCUT2D eigenvalue weighted by atomic mass is 9.89. The van der Waals surface area contributed by atoms with Crippen molar-refractivity contribution < 1.29 is 33.8 Å². The Bertz CT molecular complexity index is 1970. The number of hydrogen-bond acceptors (Lipinski definition) is 11. The summed E-state index contributed by atoms with van der Waals surface area (Å²) in [5.41, 5.74) is 1.65. The van der Waals surface area contributed by atoms with Gasteiger partial charge in [0.05, 0.1) is 30.7 Å². The number of hydrogen-bond donors (Lipinski definition) is 2. The summed E-state index contributed by atoms with van der Waals surface area (Å²) in [4.78, 5) is 79.3. The van der Waals surface area contributed by atoms with Crippen molar-refractivity contribution in [1.82, 2.24) is 34.7 Å². The zero-order chi connectivity index (χ0) is 42.5. The molecule has 6 aliphatic heterocycles. The number of likely N-dealkylation sites (tertiary alicyclic amines) is 4. The molecule has 7 heterocycles. The average molecular weight is 841 g/mol. The number of carbonyl (C=O) groups excluding carboxylic acids is 4. The van der Waals surface area contributed by atoms with E-state index in [1.165, 1.54) is 37.5 Å². The number of ether oxygens (including phenoxy) is 1. The number of rotatable bonds is 12. The lowest BCUT2D eigenvalue weighted by molar-refractivity contribution is -0.138. The molecule has 0 radical (unpaired) electrons. The number of benzene rings is 1. The van der Waals surface area contributed by atoms with E-state index in [2.05, 4.69) is 30.1 Å². The van der Waals surface area contributed by atoms with E-state index >= 15 is 0 Å².